The van der Waals surface area contributed by atoms with Crippen molar-refractivity contribution in [1.29, 1.82) is 0 Å². The number of nitrogens with zero attached hydrogens (tertiary/aromatic N) is 5. The molecule has 10 heteroatoms. The third-order valence-electron chi connectivity index (χ3n) is 5.34. The van der Waals surface area contributed by atoms with Gasteiger partial charge in [-0.25, -0.2) is 9.37 Å². The van der Waals surface area contributed by atoms with Gasteiger partial charge in [-0.2, -0.15) is 9.98 Å². The van der Waals surface area contributed by atoms with Crippen molar-refractivity contribution in [3.8, 4) is 16.2 Å². The standard InChI is InChI=1S/C23H24FN7OS/c1-30-11-13-31(14-12-30)21-26-20(27-22(29-21)32-18-9-7-17(24)8-10-18)28-23-25-15-19(33-23)16-5-3-2-4-6-16/h2-10,15,22H,11-14H2,1H3,(H2,25,26,27,28,29). The number of piperazine rings is 1. The summed E-state index contributed by atoms with van der Waals surface area (Å²) in [6.45, 7) is 3.51. The van der Waals surface area contributed by atoms with Crippen LogP contribution in [-0.4, -0.2) is 66.3 Å². The maximum atomic E-state index is 13.3. The SMILES string of the molecule is CN1CCN(C2=NC(Oc3ccc(F)cc3)NC(Nc3ncc(-c4ccccc4)s3)=N2)CC1. The van der Waals surface area contributed by atoms with Crippen LogP contribution in [-0.2, 0) is 0 Å². The molecule has 1 unspecified atom stereocenters. The number of likely N-dealkylation sites (N-methyl/N-ethyl adjacent to an activating group) is 1. The Morgan fingerprint density at radius 1 is 1.06 bits per heavy atom. The van der Waals surface area contributed by atoms with E-state index in [1.54, 1.807) is 12.1 Å². The molecule has 0 saturated carbocycles. The molecule has 3 aromatic rings. The van der Waals surface area contributed by atoms with Crippen molar-refractivity contribution in [2.75, 3.05) is 38.5 Å². The van der Waals surface area contributed by atoms with Gasteiger partial charge in [0, 0.05) is 32.4 Å². The first-order valence-electron chi connectivity index (χ1n) is 10.7. The van der Waals surface area contributed by atoms with Crippen LogP contribution in [0.3, 0.4) is 0 Å². The zero-order valence-corrected chi connectivity index (χ0v) is 18.9. The Hall–Kier alpha value is -3.50. The molecule has 5 rings (SSSR count). The van der Waals surface area contributed by atoms with Gasteiger partial charge >= 0.3 is 0 Å². The molecule has 2 N–H and O–H groups in total. The van der Waals surface area contributed by atoms with Crippen LogP contribution in [0.15, 0.2) is 70.8 Å². The Kier molecular flexibility index (Phi) is 6.18. The number of anilines is 1. The van der Waals surface area contributed by atoms with Gasteiger partial charge in [0.2, 0.25) is 11.9 Å². The van der Waals surface area contributed by atoms with Gasteiger partial charge in [-0.3, -0.25) is 0 Å². The Balaban J connectivity index is 1.35. The van der Waals surface area contributed by atoms with Crippen molar-refractivity contribution >= 4 is 28.4 Å². The van der Waals surface area contributed by atoms with Gasteiger partial charge < -0.3 is 25.2 Å². The van der Waals surface area contributed by atoms with E-state index in [0.29, 0.717) is 22.8 Å². The summed E-state index contributed by atoms with van der Waals surface area (Å²) in [5, 5.41) is 7.13. The minimum absolute atomic E-state index is 0.317. The van der Waals surface area contributed by atoms with Crippen molar-refractivity contribution in [2.24, 2.45) is 9.98 Å². The third kappa shape index (κ3) is 5.29. The molecule has 3 heterocycles. The minimum atomic E-state index is -0.710. The summed E-state index contributed by atoms with van der Waals surface area (Å²) in [5.41, 5.74) is 1.11. The normalized spacial score (nSPS) is 18.8. The van der Waals surface area contributed by atoms with Crippen molar-refractivity contribution in [1.82, 2.24) is 20.1 Å². The lowest BCUT2D eigenvalue weighted by Crippen LogP contribution is -2.52. The van der Waals surface area contributed by atoms with E-state index < -0.39 is 6.35 Å². The number of rotatable bonds is 4. The van der Waals surface area contributed by atoms with Crippen LogP contribution < -0.4 is 15.4 Å². The number of aromatic nitrogens is 1. The number of benzene rings is 2. The lowest BCUT2D eigenvalue weighted by atomic mass is 10.2. The van der Waals surface area contributed by atoms with Crippen LogP contribution in [0.2, 0.25) is 0 Å². The molecule has 0 spiro atoms. The summed E-state index contributed by atoms with van der Waals surface area (Å²) in [6, 6.07) is 16.0. The van der Waals surface area contributed by atoms with Crippen molar-refractivity contribution in [3.63, 3.8) is 0 Å². The predicted octanol–water partition coefficient (Wildman–Crippen LogP) is 3.29. The van der Waals surface area contributed by atoms with Crippen LogP contribution in [0.1, 0.15) is 0 Å². The van der Waals surface area contributed by atoms with Crippen molar-refractivity contribution in [2.45, 2.75) is 6.35 Å². The number of guanidine groups is 2. The molecule has 1 saturated heterocycles. The molecule has 170 valence electrons. The fourth-order valence-electron chi connectivity index (χ4n) is 3.51. The maximum Gasteiger partial charge on any atom is 0.273 e. The second-order valence-corrected chi connectivity index (χ2v) is 8.80. The lowest BCUT2D eigenvalue weighted by molar-refractivity contribution is 0.182. The summed E-state index contributed by atoms with van der Waals surface area (Å²) in [6.07, 6.45) is 1.13. The summed E-state index contributed by atoms with van der Waals surface area (Å²) < 4.78 is 19.2. The van der Waals surface area contributed by atoms with Gasteiger partial charge in [0.15, 0.2) is 5.13 Å². The third-order valence-corrected chi connectivity index (χ3v) is 6.30. The Morgan fingerprint density at radius 3 is 2.58 bits per heavy atom. The highest BCUT2D eigenvalue weighted by atomic mass is 32.1. The van der Waals surface area contributed by atoms with Gasteiger partial charge in [-0.1, -0.05) is 41.7 Å². The molecule has 1 aromatic heterocycles. The molecule has 0 amide bonds. The van der Waals surface area contributed by atoms with E-state index >= 15 is 0 Å². The quantitative estimate of drug-likeness (QED) is 0.616. The molecule has 1 fully saturated rings. The first-order chi connectivity index (χ1) is 16.1. The van der Waals surface area contributed by atoms with E-state index in [-0.39, 0.29) is 5.82 Å². The number of hydrogen-bond donors (Lipinski definition) is 2. The molecule has 0 radical (unpaired) electrons. The summed E-state index contributed by atoms with van der Waals surface area (Å²) in [7, 11) is 2.10. The number of aliphatic imine (C=N–C) groups is 2. The van der Waals surface area contributed by atoms with Gasteiger partial charge in [0.25, 0.3) is 6.35 Å². The summed E-state index contributed by atoms with van der Waals surface area (Å²) in [5.74, 6) is 1.29. The van der Waals surface area contributed by atoms with Gasteiger partial charge in [0.05, 0.1) is 4.88 Å². The zero-order chi connectivity index (χ0) is 22.6. The van der Waals surface area contributed by atoms with Crippen LogP contribution in [0, 0.1) is 5.82 Å². The molecular weight excluding hydrogens is 441 g/mol. The van der Waals surface area contributed by atoms with Crippen LogP contribution >= 0.6 is 11.3 Å². The fraction of sp³-hybridized carbons (Fsp3) is 0.261. The molecule has 8 nitrogen and oxygen atoms in total. The summed E-state index contributed by atoms with van der Waals surface area (Å²) in [4.78, 5) is 19.3. The number of nitrogens with one attached hydrogen (secondary N) is 2. The number of ether oxygens (including phenoxy) is 1. The molecule has 33 heavy (non-hydrogen) atoms. The Bertz CT molecular complexity index is 1140. The monoisotopic (exact) mass is 465 g/mol. The number of thiazole rings is 1. The van der Waals surface area contributed by atoms with E-state index in [4.69, 9.17) is 9.73 Å². The molecular formula is C23H24FN7OS. The van der Waals surface area contributed by atoms with E-state index in [9.17, 15) is 4.39 Å². The molecule has 0 bridgehead atoms. The highest BCUT2D eigenvalue weighted by Crippen LogP contribution is 2.28. The topological polar surface area (TPSA) is 77.4 Å². The van der Waals surface area contributed by atoms with E-state index in [1.165, 1.54) is 23.5 Å². The molecule has 2 aromatic carbocycles. The van der Waals surface area contributed by atoms with Gasteiger partial charge in [-0.05, 0) is 36.9 Å². The molecule has 2 aliphatic rings. The van der Waals surface area contributed by atoms with Gasteiger partial charge in [-0.15, -0.1) is 0 Å². The van der Waals surface area contributed by atoms with Gasteiger partial charge in [0.1, 0.15) is 11.6 Å². The maximum absolute atomic E-state index is 13.3. The Labute approximate surface area is 195 Å². The van der Waals surface area contributed by atoms with Crippen LogP contribution in [0.4, 0.5) is 9.52 Å². The average Bonchev–Trinajstić information content (AvgIpc) is 3.30. The Morgan fingerprint density at radius 2 is 1.82 bits per heavy atom. The van der Waals surface area contributed by atoms with E-state index in [0.717, 1.165) is 36.6 Å². The number of hydrogen-bond acceptors (Lipinski definition) is 9. The zero-order valence-electron chi connectivity index (χ0n) is 18.1. The van der Waals surface area contributed by atoms with Crippen molar-refractivity contribution < 1.29 is 9.13 Å². The van der Waals surface area contributed by atoms with Crippen LogP contribution in [0.5, 0.6) is 5.75 Å². The predicted molar refractivity (Wildman–Crippen MR) is 129 cm³/mol. The second-order valence-electron chi connectivity index (χ2n) is 7.77. The first kappa shape index (κ1) is 21.4. The molecule has 0 aliphatic carbocycles. The first-order valence-corrected chi connectivity index (χ1v) is 11.5. The average molecular weight is 466 g/mol. The minimum Gasteiger partial charge on any atom is -0.450 e. The highest BCUT2D eigenvalue weighted by Gasteiger charge is 2.25. The lowest BCUT2D eigenvalue weighted by Gasteiger charge is -2.35. The molecule has 2 aliphatic heterocycles. The summed E-state index contributed by atoms with van der Waals surface area (Å²) >= 11 is 1.54. The van der Waals surface area contributed by atoms with Crippen LogP contribution in [0.25, 0.3) is 10.4 Å². The van der Waals surface area contributed by atoms with E-state index in [1.807, 2.05) is 24.4 Å². The largest absolute Gasteiger partial charge is 0.450 e. The van der Waals surface area contributed by atoms with E-state index in [2.05, 4.69) is 49.6 Å². The fourth-order valence-corrected chi connectivity index (χ4v) is 4.33. The van der Waals surface area contributed by atoms with Crippen molar-refractivity contribution in [3.05, 3.63) is 66.6 Å². The molecule has 1 atom stereocenters. The number of halogens is 1. The smallest absolute Gasteiger partial charge is 0.273 e. The second kappa shape index (κ2) is 9.55. The highest BCUT2D eigenvalue weighted by molar-refractivity contribution is 7.19.